The summed E-state index contributed by atoms with van der Waals surface area (Å²) in [7, 11) is 2.04. The van der Waals surface area contributed by atoms with Crippen LogP contribution in [-0.4, -0.2) is 0 Å². The first-order chi connectivity index (χ1) is 14.8. The van der Waals surface area contributed by atoms with Gasteiger partial charge >= 0.3 is 0 Å². The van der Waals surface area contributed by atoms with Crippen molar-refractivity contribution in [3.8, 4) is 11.3 Å². The summed E-state index contributed by atoms with van der Waals surface area (Å²) in [4.78, 5) is 0. The largest absolute Gasteiger partial charge is 0.220 e. The molecule has 0 radical (unpaired) electrons. The molecule has 2 aromatic carbocycles. The summed E-state index contributed by atoms with van der Waals surface area (Å²) in [6.45, 7) is 11.4. The highest BCUT2D eigenvalue weighted by Gasteiger charge is 2.22. The van der Waals surface area contributed by atoms with Gasteiger partial charge in [-0.15, -0.1) is 0 Å². The van der Waals surface area contributed by atoms with Crippen LogP contribution in [0.1, 0.15) is 88.8 Å². The van der Waals surface area contributed by atoms with Crippen molar-refractivity contribution in [2.24, 2.45) is 13.0 Å². The second kappa shape index (κ2) is 8.53. The van der Waals surface area contributed by atoms with Crippen LogP contribution in [0.2, 0.25) is 0 Å². The lowest BCUT2D eigenvalue weighted by Crippen LogP contribution is -2.31. The normalized spacial score (nSPS) is 15.5. The molecule has 158 valence electrons. The number of rotatable bonds is 5. The average molecular weight is 402 g/mol. The summed E-state index contributed by atoms with van der Waals surface area (Å²) in [5.41, 5.74) is 8.02. The summed E-state index contributed by atoms with van der Waals surface area (Å²) in [6, 6.07) is 13.8. The lowest BCUT2D eigenvalue weighted by Gasteiger charge is -2.18. The summed E-state index contributed by atoms with van der Waals surface area (Å²) >= 11 is 0. The predicted molar refractivity (Wildman–Crippen MR) is 129 cm³/mol. The second-order valence-corrected chi connectivity index (χ2v) is 10.0. The Morgan fingerprint density at radius 2 is 1.73 bits per heavy atom. The van der Waals surface area contributed by atoms with Gasteiger partial charge < -0.3 is 0 Å². The minimum atomic E-state index is 0.477. The zero-order chi connectivity index (χ0) is 22.3. The summed E-state index contributed by atoms with van der Waals surface area (Å²) in [5, 5.41) is 2.46. The Bertz CT molecular complexity index is 1100. The Hall–Kier alpha value is -2.15. The molecule has 1 aromatic heterocycles. The van der Waals surface area contributed by atoms with Gasteiger partial charge in [0.1, 0.15) is 8.42 Å². The highest BCUT2D eigenvalue weighted by atomic mass is 14.9. The maximum Gasteiger partial charge on any atom is 0.220 e. The Kier molecular flexibility index (Phi) is 5.63. The molecule has 30 heavy (non-hydrogen) atoms. The first-order valence-corrected chi connectivity index (χ1v) is 11.8. The number of hydrogen-bond acceptors (Lipinski definition) is 0. The van der Waals surface area contributed by atoms with Crippen molar-refractivity contribution < 1.29 is 5.94 Å². The Balaban J connectivity index is 1.91. The predicted octanol–water partition coefficient (Wildman–Crippen LogP) is 7.62. The molecular formula is C29H38N+. The molecule has 0 N–H and O–H groups in total. The maximum atomic E-state index is 8.70. The highest BCUT2D eigenvalue weighted by molar-refractivity contribution is 5.94. The van der Waals surface area contributed by atoms with Gasteiger partial charge in [0.2, 0.25) is 5.69 Å². The van der Waals surface area contributed by atoms with Gasteiger partial charge in [-0.05, 0) is 70.9 Å². The molecule has 4 rings (SSSR count). The van der Waals surface area contributed by atoms with E-state index in [4.69, 9.17) is 1.37 Å². The van der Waals surface area contributed by atoms with E-state index in [0.29, 0.717) is 18.0 Å². The van der Waals surface area contributed by atoms with E-state index in [1.54, 1.807) is 0 Å². The van der Waals surface area contributed by atoms with E-state index in [9.17, 15) is 0 Å². The van der Waals surface area contributed by atoms with Crippen LogP contribution in [-0.2, 0) is 13.5 Å². The molecule has 1 aliphatic carbocycles. The zero-order valence-electron chi connectivity index (χ0n) is 20.7. The third kappa shape index (κ3) is 4.04. The van der Waals surface area contributed by atoms with Crippen LogP contribution in [0.25, 0.3) is 22.0 Å². The van der Waals surface area contributed by atoms with Crippen LogP contribution in [0.4, 0.5) is 0 Å². The number of benzene rings is 2. The third-order valence-corrected chi connectivity index (χ3v) is 7.13. The van der Waals surface area contributed by atoms with Crippen molar-refractivity contribution in [2.75, 3.05) is 0 Å². The number of nitrogens with zero attached hydrogens (tertiary/aromatic N) is 1. The monoisotopic (exact) mass is 401 g/mol. The standard InChI is InChI=1S/C29H38N/c1-19(2)25-17-27(20(3)4)21(5)28(18-25)29-26-12-11-23(15-22-9-7-8-10-22)16-24(26)13-14-30(29)6/h11-14,16-20,22H,7-10,15H2,1-6H3/q+1/i14D. The third-order valence-electron chi connectivity index (χ3n) is 7.13. The summed E-state index contributed by atoms with van der Waals surface area (Å²) in [6.07, 6.45) is 7.27. The van der Waals surface area contributed by atoms with Gasteiger partial charge in [0.25, 0.3) is 0 Å². The van der Waals surface area contributed by atoms with Crippen LogP contribution < -0.4 is 4.57 Å². The first kappa shape index (κ1) is 19.8. The average Bonchev–Trinajstić information content (AvgIpc) is 3.22. The van der Waals surface area contributed by atoms with Gasteiger partial charge in [0, 0.05) is 6.07 Å². The van der Waals surface area contributed by atoms with Crippen molar-refractivity contribution >= 4 is 10.8 Å². The SMILES string of the molecule is [2H]c1cc2cc(CC3CCCC3)ccc2c(-c2cc(C(C)C)cc(C(C)C)c2C)[n+]1C. The number of pyridine rings is 1. The van der Waals surface area contributed by atoms with E-state index in [1.807, 2.05) is 13.1 Å². The molecule has 0 bridgehead atoms. The van der Waals surface area contributed by atoms with Crippen LogP contribution >= 0.6 is 0 Å². The van der Waals surface area contributed by atoms with Crippen molar-refractivity contribution in [1.29, 1.82) is 0 Å². The minimum absolute atomic E-state index is 0.477. The van der Waals surface area contributed by atoms with Gasteiger partial charge in [0.15, 0.2) is 6.17 Å². The van der Waals surface area contributed by atoms with E-state index in [-0.39, 0.29) is 0 Å². The topological polar surface area (TPSA) is 3.88 Å². The molecular weight excluding hydrogens is 362 g/mol. The van der Waals surface area contributed by atoms with Gasteiger partial charge in [-0.1, -0.05) is 71.6 Å². The highest BCUT2D eigenvalue weighted by Crippen LogP contribution is 2.36. The minimum Gasteiger partial charge on any atom is -0.200 e. The van der Waals surface area contributed by atoms with Gasteiger partial charge in [-0.2, -0.15) is 0 Å². The van der Waals surface area contributed by atoms with Gasteiger partial charge in [0.05, 0.1) is 10.9 Å². The molecule has 3 aromatic rings. The first-order valence-electron chi connectivity index (χ1n) is 12.3. The Labute approximate surface area is 184 Å². The molecule has 1 nitrogen and oxygen atoms in total. The van der Waals surface area contributed by atoms with Crippen molar-refractivity contribution in [1.82, 2.24) is 0 Å². The fourth-order valence-corrected chi connectivity index (χ4v) is 5.30. The summed E-state index contributed by atoms with van der Waals surface area (Å²) < 4.78 is 10.8. The quantitative estimate of drug-likeness (QED) is 0.387. The molecule has 0 amide bonds. The van der Waals surface area contributed by atoms with Gasteiger partial charge in [-0.3, -0.25) is 0 Å². The van der Waals surface area contributed by atoms with Crippen LogP contribution in [0.5, 0.6) is 0 Å². The molecule has 1 heteroatoms. The van der Waals surface area contributed by atoms with Crippen molar-refractivity contribution in [2.45, 2.75) is 78.6 Å². The number of fused-ring (bicyclic) bond motifs is 1. The maximum absolute atomic E-state index is 8.70. The van der Waals surface area contributed by atoms with E-state index in [2.05, 4.69) is 69.5 Å². The Morgan fingerprint density at radius 1 is 1.00 bits per heavy atom. The smallest absolute Gasteiger partial charge is 0.200 e. The lowest BCUT2D eigenvalue weighted by atomic mass is 9.86. The molecule has 1 fully saturated rings. The van der Waals surface area contributed by atoms with E-state index in [1.165, 1.54) is 76.4 Å². The second-order valence-electron chi connectivity index (χ2n) is 10.0. The van der Waals surface area contributed by atoms with Crippen molar-refractivity contribution in [3.63, 3.8) is 0 Å². The van der Waals surface area contributed by atoms with E-state index >= 15 is 0 Å². The Morgan fingerprint density at radius 3 is 2.40 bits per heavy atom. The fraction of sp³-hybridized carbons (Fsp3) is 0.483. The lowest BCUT2D eigenvalue weighted by molar-refractivity contribution is -0.659. The molecule has 0 unspecified atom stereocenters. The number of hydrogen-bond donors (Lipinski definition) is 0. The molecule has 0 saturated heterocycles. The van der Waals surface area contributed by atoms with E-state index < -0.39 is 0 Å². The van der Waals surface area contributed by atoms with Crippen LogP contribution in [0.15, 0.2) is 42.6 Å². The molecule has 1 saturated carbocycles. The van der Waals surface area contributed by atoms with Crippen LogP contribution in [0.3, 0.4) is 0 Å². The molecule has 0 spiro atoms. The molecule has 0 aliphatic heterocycles. The molecule has 1 aliphatic rings. The zero-order valence-corrected chi connectivity index (χ0v) is 19.7. The van der Waals surface area contributed by atoms with Gasteiger partial charge in [-0.25, -0.2) is 4.57 Å². The van der Waals surface area contributed by atoms with Crippen LogP contribution in [0, 0.1) is 12.8 Å². The van der Waals surface area contributed by atoms with E-state index in [0.717, 1.165) is 5.92 Å². The number of aromatic nitrogens is 1. The summed E-state index contributed by atoms with van der Waals surface area (Å²) in [5.74, 6) is 1.79. The van der Waals surface area contributed by atoms with Crippen molar-refractivity contribution in [3.05, 3.63) is 64.8 Å². The molecule has 0 atom stereocenters. The molecule has 1 heterocycles. The fourth-order valence-electron chi connectivity index (χ4n) is 5.30.